The second-order valence-corrected chi connectivity index (χ2v) is 8.39. The average molecular weight is 276 g/mol. The summed E-state index contributed by atoms with van der Waals surface area (Å²) in [6, 6.07) is 0. The Kier molecular flexibility index (Phi) is 5.62. The first kappa shape index (κ1) is 15.9. The topological polar surface area (TPSA) is 72.2 Å². The summed E-state index contributed by atoms with van der Waals surface area (Å²) in [5, 5.41) is 8.16. The Morgan fingerprint density at radius 3 is 2.17 bits per heavy atom. The summed E-state index contributed by atoms with van der Waals surface area (Å²) in [6.07, 6.45) is 5.10. The van der Waals surface area contributed by atoms with Gasteiger partial charge in [-0.15, -0.1) is 0 Å². The fourth-order valence-corrected chi connectivity index (χ4v) is 3.18. The van der Waals surface area contributed by atoms with Gasteiger partial charge >= 0.3 is 0 Å². The highest BCUT2D eigenvalue weighted by Crippen LogP contribution is 2.39. The van der Waals surface area contributed by atoms with Crippen molar-refractivity contribution in [1.82, 2.24) is 5.32 Å². The van der Waals surface area contributed by atoms with Gasteiger partial charge < -0.3 is 5.32 Å². The van der Waals surface area contributed by atoms with Crippen molar-refractivity contribution in [3.63, 3.8) is 0 Å². The smallest absolute Gasteiger partial charge is 0.210 e. The Bertz CT molecular complexity index is 338. The van der Waals surface area contributed by atoms with Gasteiger partial charge in [-0.1, -0.05) is 20.8 Å². The molecule has 0 bridgehead atoms. The third-order valence-electron chi connectivity index (χ3n) is 4.07. The van der Waals surface area contributed by atoms with Gasteiger partial charge in [-0.05, 0) is 49.5 Å². The third-order valence-corrected chi connectivity index (χ3v) is 4.84. The maximum atomic E-state index is 10.8. The number of primary sulfonamides is 1. The van der Waals surface area contributed by atoms with Crippen LogP contribution < -0.4 is 10.5 Å². The summed E-state index contributed by atoms with van der Waals surface area (Å²) < 4.78 is 21.5. The average Bonchev–Trinajstić information content (AvgIpc) is 2.22. The molecule has 0 aliphatic heterocycles. The third kappa shape index (κ3) is 6.16. The summed E-state index contributed by atoms with van der Waals surface area (Å²) in [7, 11) is -3.32. The van der Waals surface area contributed by atoms with E-state index in [-0.39, 0.29) is 5.75 Å². The van der Waals surface area contributed by atoms with E-state index in [1.807, 2.05) is 0 Å². The molecular formula is C13H28N2O2S. The van der Waals surface area contributed by atoms with E-state index >= 15 is 0 Å². The van der Waals surface area contributed by atoms with Crippen LogP contribution in [0, 0.1) is 17.3 Å². The van der Waals surface area contributed by atoms with Crippen molar-refractivity contribution in [2.24, 2.45) is 22.4 Å². The molecule has 0 saturated heterocycles. The molecule has 1 fully saturated rings. The zero-order valence-electron chi connectivity index (χ0n) is 11.9. The van der Waals surface area contributed by atoms with Crippen LogP contribution in [-0.4, -0.2) is 27.3 Å². The predicted octanol–water partition coefficient (Wildman–Crippen LogP) is 1.72. The first-order chi connectivity index (χ1) is 8.18. The van der Waals surface area contributed by atoms with Crippen molar-refractivity contribution in [2.45, 2.75) is 46.5 Å². The molecule has 108 valence electrons. The van der Waals surface area contributed by atoms with E-state index in [1.54, 1.807) is 0 Å². The van der Waals surface area contributed by atoms with Crippen LogP contribution in [-0.2, 0) is 10.0 Å². The highest BCUT2D eigenvalue weighted by atomic mass is 32.2. The van der Waals surface area contributed by atoms with Crippen LogP contribution in [0.25, 0.3) is 0 Å². The van der Waals surface area contributed by atoms with Crippen molar-refractivity contribution < 1.29 is 8.42 Å². The Balaban J connectivity index is 2.17. The van der Waals surface area contributed by atoms with Crippen molar-refractivity contribution in [2.75, 3.05) is 18.8 Å². The molecule has 0 radical (unpaired) electrons. The lowest BCUT2D eigenvalue weighted by Gasteiger charge is -2.37. The Morgan fingerprint density at radius 2 is 1.72 bits per heavy atom. The normalized spacial score (nSPS) is 26.2. The summed E-state index contributed by atoms with van der Waals surface area (Å²) in [5.41, 5.74) is 0.423. The lowest BCUT2D eigenvalue weighted by atomic mass is 9.70. The number of rotatable bonds is 5. The fourth-order valence-electron chi connectivity index (χ4n) is 2.75. The standard InChI is InChI=1S/C13H28N2O2S/c1-13(2,3)12-6-4-11(5-7-12)10-15-8-9-18(14,16)17/h11-12,15H,4-10H2,1-3H3,(H2,14,16,17). The molecule has 0 unspecified atom stereocenters. The van der Waals surface area contributed by atoms with E-state index in [9.17, 15) is 8.42 Å². The van der Waals surface area contributed by atoms with Crippen LogP contribution in [0.1, 0.15) is 46.5 Å². The van der Waals surface area contributed by atoms with Crippen LogP contribution in [0.5, 0.6) is 0 Å². The van der Waals surface area contributed by atoms with E-state index in [0.29, 0.717) is 17.9 Å². The molecule has 0 atom stereocenters. The number of hydrogen-bond donors (Lipinski definition) is 2. The van der Waals surface area contributed by atoms with Gasteiger partial charge in [-0.2, -0.15) is 0 Å². The predicted molar refractivity (Wildman–Crippen MR) is 75.7 cm³/mol. The van der Waals surface area contributed by atoms with Crippen LogP contribution in [0.3, 0.4) is 0 Å². The van der Waals surface area contributed by atoms with Crippen molar-refractivity contribution in [1.29, 1.82) is 0 Å². The van der Waals surface area contributed by atoms with Gasteiger partial charge in [0.1, 0.15) is 0 Å². The van der Waals surface area contributed by atoms with Gasteiger partial charge in [-0.25, -0.2) is 13.6 Å². The van der Waals surface area contributed by atoms with E-state index in [1.165, 1.54) is 25.7 Å². The first-order valence-corrected chi connectivity index (χ1v) is 8.61. The molecule has 1 aliphatic rings. The van der Waals surface area contributed by atoms with Crippen LogP contribution in [0.4, 0.5) is 0 Å². The molecule has 0 aromatic rings. The molecule has 1 rings (SSSR count). The monoisotopic (exact) mass is 276 g/mol. The molecule has 1 saturated carbocycles. The van der Waals surface area contributed by atoms with Gasteiger partial charge in [-0.3, -0.25) is 0 Å². The Labute approximate surface area is 112 Å². The Hall–Kier alpha value is -0.130. The highest BCUT2D eigenvalue weighted by Gasteiger charge is 2.29. The van der Waals surface area contributed by atoms with E-state index in [0.717, 1.165) is 12.5 Å². The summed E-state index contributed by atoms with van der Waals surface area (Å²) in [4.78, 5) is 0. The second-order valence-electron chi connectivity index (χ2n) is 6.65. The molecule has 1 aliphatic carbocycles. The molecule has 0 aromatic heterocycles. The molecule has 0 aromatic carbocycles. The van der Waals surface area contributed by atoms with Gasteiger partial charge in [0.05, 0.1) is 5.75 Å². The molecule has 0 heterocycles. The van der Waals surface area contributed by atoms with Crippen molar-refractivity contribution in [3.8, 4) is 0 Å². The Morgan fingerprint density at radius 1 is 1.17 bits per heavy atom. The minimum absolute atomic E-state index is 0.0321. The zero-order chi connectivity index (χ0) is 13.8. The fraction of sp³-hybridized carbons (Fsp3) is 1.00. The summed E-state index contributed by atoms with van der Waals surface area (Å²) in [5.74, 6) is 1.56. The van der Waals surface area contributed by atoms with Gasteiger partial charge in [0.15, 0.2) is 0 Å². The molecule has 0 amide bonds. The van der Waals surface area contributed by atoms with Gasteiger partial charge in [0.25, 0.3) is 0 Å². The molecule has 0 spiro atoms. The van der Waals surface area contributed by atoms with Crippen molar-refractivity contribution in [3.05, 3.63) is 0 Å². The minimum Gasteiger partial charge on any atom is -0.315 e. The van der Waals surface area contributed by atoms with Crippen LogP contribution >= 0.6 is 0 Å². The number of hydrogen-bond acceptors (Lipinski definition) is 3. The van der Waals surface area contributed by atoms with E-state index in [2.05, 4.69) is 26.1 Å². The van der Waals surface area contributed by atoms with E-state index in [4.69, 9.17) is 5.14 Å². The maximum absolute atomic E-state index is 10.8. The molecule has 5 heteroatoms. The maximum Gasteiger partial charge on any atom is 0.210 e. The quantitative estimate of drug-likeness (QED) is 0.751. The minimum atomic E-state index is -3.32. The lowest BCUT2D eigenvalue weighted by molar-refractivity contribution is 0.149. The first-order valence-electron chi connectivity index (χ1n) is 6.89. The SMILES string of the molecule is CC(C)(C)C1CCC(CNCCS(N)(=O)=O)CC1. The van der Waals surface area contributed by atoms with Gasteiger partial charge in [0, 0.05) is 6.54 Å². The number of nitrogens with one attached hydrogen (secondary N) is 1. The number of sulfonamides is 1. The lowest BCUT2D eigenvalue weighted by Crippen LogP contribution is -2.33. The molecular weight excluding hydrogens is 248 g/mol. The number of nitrogens with two attached hydrogens (primary N) is 1. The van der Waals surface area contributed by atoms with Crippen molar-refractivity contribution >= 4 is 10.0 Å². The molecule has 18 heavy (non-hydrogen) atoms. The van der Waals surface area contributed by atoms with Crippen LogP contribution in [0.2, 0.25) is 0 Å². The zero-order valence-corrected chi connectivity index (χ0v) is 12.7. The second kappa shape index (κ2) is 6.35. The molecule has 3 N–H and O–H groups in total. The molecule has 4 nitrogen and oxygen atoms in total. The van der Waals surface area contributed by atoms with E-state index < -0.39 is 10.0 Å². The highest BCUT2D eigenvalue weighted by molar-refractivity contribution is 7.89. The van der Waals surface area contributed by atoms with Gasteiger partial charge in [0.2, 0.25) is 10.0 Å². The van der Waals surface area contributed by atoms with Crippen LogP contribution in [0.15, 0.2) is 0 Å². The summed E-state index contributed by atoms with van der Waals surface area (Å²) >= 11 is 0. The largest absolute Gasteiger partial charge is 0.315 e. The summed E-state index contributed by atoms with van der Waals surface area (Å²) in [6.45, 7) is 8.36.